The van der Waals surface area contributed by atoms with Crippen LogP contribution >= 0.6 is 0 Å². The summed E-state index contributed by atoms with van der Waals surface area (Å²) in [6.45, 7) is 13.1. The highest BCUT2D eigenvalue weighted by Gasteiger charge is 2.35. The summed E-state index contributed by atoms with van der Waals surface area (Å²) in [5.74, 6) is -0.749. The van der Waals surface area contributed by atoms with Crippen LogP contribution in [0.1, 0.15) is 46.6 Å². The number of nitrogens with one attached hydrogen (secondary N) is 1. The van der Waals surface area contributed by atoms with E-state index in [-0.39, 0.29) is 18.9 Å². The van der Waals surface area contributed by atoms with E-state index >= 15 is 0 Å². The highest BCUT2D eigenvalue weighted by Crippen LogP contribution is 2.17. The lowest BCUT2D eigenvalue weighted by Gasteiger charge is -2.33. The van der Waals surface area contributed by atoms with Gasteiger partial charge in [-0.2, -0.15) is 0 Å². The summed E-state index contributed by atoms with van der Waals surface area (Å²) < 4.78 is 10.3. The molecule has 1 rings (SSSR count). The first-order chi connectivity index (χ1) is 14.5. The molecule has 172 valence electrons. The van der Waals surface area contributed by atoms with Gasteiger partial charge in [-0.05, 0) is 38.7 Å². The average Bonchev–Trinajstić information content (AvgIpc) is 2.68. The van der Waals surface area contributed by atoms with E-state index in [9.17, 15) is 14.4 Å². The fourth-order valence-corrected chi connectivity index (χ4v) is 3.14. The zero-order valence-corrected chi connectivity index (χ0v) is 19.5. The van der Waals surface area contributed by atoms with Crippen molar-refractivity contribution in [3.8, 4) is 0 Å². The van der Waals surface area contributed by atoms with Crippen LogP contribution in [0, 0.1) is 5.92 Å². The molecule has 1 aromatic rings. The molecule has 0 aliphatic rings. The lowest BCUT2D eigenvalue weighted by atomic mass is 9.99. The van der Waals surface area contributed by atoms with Crippen LogP contribution in [0.15, 0.2) is 43.0 Å². The van der Waals surface area contributed by atoms with Crippen molar-refractivity contribution in [3.63, 3.8) is 0 Å². The van der Waals surface area contributed by atoms with Gasteiger partial charge >= 0.3 is 12.1 Å². The molecule has 7 heteroatoms. The fourth-order valence-electron chi connectivity index (χ4n) is 3.14. The number of carbonyl (C=O) groups excluding carboxylic acids is 3. The van der Waals surface area contributed by atoms with Crippen LogP contribution in [0.5, 0.6) is 0 Å². The van der Waals surface area contributed by atoms with Crippen molar-refractivity contribution in [2.75, 3.05) is 13.7 Å². The number of amides is 2. The second-order valence-electron chi connectivity index (χ2n) is 8.84. The molecule has 0 bridgehead atoms. The molecular formula is C24H36N2O5. The van der Waals surface area contributed by atoms with Gasteiger partial charge in [0.05, 0.1) is 7.11 Å². The Hall–Kier alpha value is -2.83. The largest absolute Gasteiger partial charge is 0.467 e. The molecule has 0 fully saturated rings. The summed E-state index contributed by atoms with van der Waals surface area (Å²) in [5, 5.41) is 2.69. The first-order valence-corrected chi connectivity index (χ1v) is 10.5. The van der Waals surface area contributed by atoms with E-state index in [1.807, 2.05) is 44.2 Å². The number of hydrogen-bond acceptors (Lipinski definition) is 5. The normalized spacial score (nSPS) is 13.1. The van der Waals surface area contributed by atoms with Crippen molar-refractivity contribution >= 4 is 18.0 Å². The minimum Gasteiger partial charge on any atom is -0.467 e. The third-order valence-corrected chi connectivity index (χ3v) is 4.42. The molecular weight excluding hydrogens is 396 g/mol. The van der Waals surface area contributed by atoms with Crippen LogP contribution in [-0.4, -0.2) is 54.2 Å². The van der Waals surface area contributed by atoms with Crippen LogP contribution in [0.2, 0.25) is 0 Å². The van der Waals surface area contributed by atoms with Crippen LogP contribution in [0.4, 0.5) is 4.79 Å². The Labute approximate surface area is 185 Å². The van der Waals surface area contributed by atoms with Crippen molar-refractivity contribution in [2.24, 2.45) is 5.92 Å². The first kappa shape index (κ1) is 26.2. The molecule has 0 heterocycles. The van der Waals surface area contributed by atoms with Gasteiger partial charge in [0.15, 0.2) is 0 Å². The van der Waals surface area contributed by atoms with E-state index in [4.69, 9.17) is 9.47 Å². The summed E-state index contributed by atoms with van der Waals surface area (Å²) in [5.41, 5.74) is 0.159. The summed E-state index contributed by atoms with van der Waals surface area (Å²) >= 11 is 0. The minimum absolute atomic E-state index is 0.145. The number of carbonyl (C=O) groups is 3. The minimum atomic E-state index is -0.920. The quantitative estimate of drug-likeness (QED) is 0.450. The van der Waals surface area contributed by atoms with Gasteiger partial charge in [-0.15, -0.1) is 6.58 Å². The van der Waals surface area contributed by atoms with Crippen LogP contribution < -0.4 is 5.32 Å². The maximum Gasteiger partial charge on any atom is 0.408 e. The summed E-state index contributed by atoms with van der Waals surface area (Å²) in [4.78, 5) is 40.0. The molecule has 2 atom stereocenters. The van der Waals surface area contributed by atoms with E-state index in [2.05, 4.69) is 11.9 Å². The van der Waals surface area contributed by atoms with Gasteiger partial charge < -0.3 is 19.7 Å². The molecule has 0 aliphatic carbocycles. The van der Waals surface area contributed by atoms with Crippen LogP contribution in [-0.2, 0) is 25.5 Å². The van der Waals surface area contributed by atoms with E-state index in [0.29, 0.717) is 6.42 Å². The van der Waals surface area contributed by atoms with Crippen molar-refractivity contribution in [1.82, 2.24) is 10.2 Å². The Morgan fingerprint density at radius 1 is 1.16 bits per heavy atom. The first-order valence-electron chi connectivity index (χ1n) is 10.5. The summed E-state index contributed by atoms with van der Waals surface area (Å²) in [7, 11) is 1.30. The Balaban J connectivity index is 3.25. The predicted octanol–water partition coefficient (Wildman–Crippen LogP) is 3.72. The number of ether oxygens (including phenoxy) is 2. The molecule has 1 aromatic carbocycles. The van der Waals surface area contributed by atoms with E-state index in [1.54, 1.807) is 26.8 Å². The SMILES string of the molecule is C=CCN(C(=O)[C@H](Cc1ccccc1)NC(=O)OC(C)(C)C)[C@@H](CC(C)C)C(=O)OC. The highest BCUT2D eigenvalue weighted by atomic mass is 16.6. The molecule has 7 nitrogen and oxygen atoms in total. The van der Waals surface area contributed by atoms with Crippen molar-refractivity contribution < 1.29 is 23.9 Å². The smallest absolute Gasteiger partial charge is 0.408 e. The van der Waals surface area contributed by atoms with Crippen molar-refractivity contribution in [1.29, 1.82) is 0 Å². The number of nitrogens with zero attached hydrogens (tertiary/aromatic N) is 1. The Bertz CT molecular complexity index is 740. The zero-order valence-electron chi connectivity index (χ0n) is 19.5. The van der Waals surface area contributed by atoms with E-state index in [1.165, 1.54) is 12.0 Å². The van der Waals surface area contributed by atoms with E-state index < -0.39 is 35.7 Å². The molecule has 2 amide bonds. The number of methoxy groups -OCH3 is 1. The maximum absolute atomic E-state index is 13.6. The average molecular weight is 433 g/mol. The molecule has 0 radical (unpaired) electrons. The molecule has 1 N–H and O–H groups in total. The fraction of sp³-hybridized carbons (Fsp3) is 0.542. The van der Waals surface area contributed by atoms with Gasteiger partial charge in [-0.1, -0.05) is 50.3 Å². The Kier molecular flexibility index (Phi) is 10.3. The zero-order chi connectivity index (χ0) is 23.6. The summed E-state index contributed by atoms with van der Waals surface area (Å²) in [6, 6.07) is 7.65. The highest BCUT2D eigenvalue weighted by molar-refractivity contribution is 5.90. The predicted molar refractivity (Wildman–Crippen MR) is 120 cm³/mol. The van der Waals surface area contributed by atoms with Gasteiger partial charge in [0.1, 0.15) is 17.7 Å². The molecule has 0 saturated heterocycles. The lowest BCUT2D eigenvalue weighted by Crippen LogP contribution is -2.55. The van der Waals surface area contributed by atoms with E-state index in [0.717, 1.165) is 5.56 Å². The summed E-state index contributed by atoms with van der Waals surface area (Å²) in [6.07, 6.45) is 1.54. The standard InChI is InChI=1S/C24H36N2O5/c1-8-14-26(20(15-17(2)3)22(28)30-7)21(27)19(16-18-12-10-9-11-13-18)25-23(29)31-24(4,5)6/h8-13,17,19-20H,1,14-16H2,2-7H3,(H,25,29)/t19-,20-/m0/s1. The number of benzene rings is 1. The topological polar surface area (TPSA) is 84.9 Å². The molecule has 0 saturated carbocycles. The third-order valence-electron chi connectivity index (χ3n) is 4.42. The van der Waals surface area contributed by atoms with Gasteiger partial charge in [-0.25, -0.2) is 9.59 Å². The van der Waals surface area contributed by atoms with Crippen LogP contribution in [0.25, 0.3) is 0 Å². The number of hydrogen-bond donors (Lipinski definition) is 1. The van der Waals surface area contributed by atoms with Crippen LogP contribution in [0.3, 0.4) is 0 Å². The monoisotopic (exact) mass is 432 g/mol. The van der Waals surface area contributed by atoms with Gasteiger partial charge in [0.25, 0.3) is 0 Å². The van der Waals surface area contributed by atoms with Crippen molar-refractivity contribution in [2.45, 2.75) is 65.1 Å². The molecule has 0 spiro atoms. The molecule has 0 aromatic heterocycles. The lowest BCUT2D eigenvalue weighted by molar-refractivity contribution is -0.153. The number of alkyl carbamates (subject to hydrolysis) is 1. The second-order valence-corrected chi connectivity index (χ2v) is 8.84. The van der Waals surface area contributed by atoms with Gasteiger partial charge in [-0.3, -0.25) is 4.79 Å². The number of rotatable bonds is 10. The molecule has 0 aliphatic heterocycles. The second kappa shape index (κ2) is 12.1. The van der Waals surface area contributed by atoms with Gasteiger partial charge in [0.2, 0.25) is 5.91 Å². The van der Waals surface area contributed by atoms with Crippen molar-refractivity contribution in [3.05, 3.63) is 48.6 Å². The maximum atomic E-state index is 13.6. The Morgan fingerprint density at radius 2 is 1.77 bits per heavy atom. The van der Waals surface area contributed by atoms with Gasteiger partial charge in [0, 0.05) is 13.0 Å². The Morgan fingerprint density at radius 3 is 2.26 bits per heavy atom. The molecule has 31 heavy (non-hydrogen) atoms. The number of esters is 1. The third kappa shape index (κ3) is 9.24. The molecule has 0 unspecified atom stereocenters.